The monoisotopic (exact) mass is 237 g/mol. The third-order valence-electron chi connectivity index (χ3n) is 1.62. The Balaban J connectivity index is 3.24. The first-order chi connectivity index (χ1) is 7.20. The smallest absolute Gasteiger partial charge is 0.477 e. The maximum atomic E-state index is 11.9. The van der Waals surface area contributed by atoms with Gasteiger partial charge in [0.1, 0.15) is 5.69 Å². The summed E-state index contributed by atoms with van der Waals surface area (Å²) >= 11 is 0. The molecule has 0 radical (unpaired) electrons. The molecule has 1 aromatic heterocycles. The molecule has 0 aliphatic heterocycles. The molecule has 0 saturated heterocycles. The predicted octanol–water partition coefficient (Wildman–Crippen LogP) is 1.28. The van der Waals surface area contributed by atoms with Gasteiger partial charge in [0.2, 0.25) is 0 Å². The van der Waals surface area contributed by atoms with Crippen LogP contribution >= 0.6 is 0 Å². The lowest BCUT2D eigenvalue weighted by atomic mass is 10.2. The Hall–Kier alpha value is -1.99. The van der Waals surface area contributed by atoms with Gasteiger partial charge in [0, 0.05) is 0 Å². The number of carboxylic acid groups (broad SMARTS) is 1. The van der Waals surface area contributed by atoms with Crippen molar-refractivity contribution in [2.75, 3.05) is 0 Å². The van der Waals surface area contributed by atoms with E-state index in [1.54, 1.807) is 4.98 Å². The summed E-state index contributed by atoms with van der Waals surface area (Å²) in [6, 6.07) is 0.880. The minimum absolute atomic E-state index is 0.210. The van der Waals surface area contributed by atoms with Crippen LogP contribution < -0.4 is 10.3 Å². The Morgan fingerprint density at radius 3 is 2.44 bits per heavy atom. The molecular weight excluding hydrogens is 231 g/mol. The molecule has 88 valence electrons. The molecule has 0 fully saturated rings. The van der Waals surface area contributed by atoms with Gasteiger partial charge in [-0.15, -0.1) is 13.2 Å². The lowest BCUT2D eigenvalue weighted by Gasteiger charge is -2.10. The van der Waals surface area contributed by atoms with E-state index in [1.165, 1.54) is 0 Å². The van der Waals surface area contributed by atoms with Gasteiger partial charge in [-0.3, -0.25) is 4.79 Å². The van der Waals surface area contributed by atoms with Gasteiger partial charge in [0.15, 0.2) is 5.75 Å². The summed E-state index contributed by atoms with van der Waals surface area (Å²) in [4.78, 5) is 23.3. The van der Waals surface area contributed by atoms with E-state index in [2.05, 4.69) is 4.74 Å². The molecule has 0 bridgehead atoms. The zero-order chi connectivity index (χ0) is 12.5. The maximum Gasteiger partial charge on any atom is 0.573 e. The zero-order valence-corrected chi connectivity index (χ0v) is 7.88. The van der Waals surface area contributed by atoms with Gasteiger partial charge in [0.25, 0.3) is 5.56 Å². The summed E-state index contributed by atoms with van der Waals surface area (Å²) in [5.41, 5.74) is -1.95. The number of H-pyrrole nitrogens is 1. The Labute approximate surface area is 86.5 Å². The van der Waals surface area contributed by atoms with E-state index < -0.39 is 29.3 Å². The predicted molar refractivity (Wildman–Crippen MR) is 45.4 cm³/mol. The second-order valence-corrected chi connectivity index (χ2v) is 2.88. The third kappa shape index (κ3) is 2.75. The van der Waals surface area contributed by atoms with Gasteiger partial charge in [0.05, 0.1) is 0 Å². The van der Waals surface area contributed by atoms with Crippen molar-refractivity contribution in [1.82, 2.24) is 4.98 Å². The number of aromatic carboxylic acids is 1. The number of aryl methyl sites for hydroxylation is 1. The van der Waals surface area contributed by atoms with Crippen LogP contribution in [-0.4, -0.2) is 22.4 Å². The SMILES string of the molecule is Cc1cc(C(=O)O)[nH]c(=O)c1OC(F)(F)F. The maximum absolute atomic E-state index is 11.9. The highest BCUT2D eigenvalue weighted by Crippen LogP contribution is 2.22. The van der Waals surface area contributed by atoms with Gasteiger partial charge in [-0.1, -0.05) is 0 Å². The summed E-state index contributed by atoms with van der Waals surface area (Å²) in [5.74, 6) is -2.41. The quantitative estimate of drug-likeness (QED) is 0.811. The molecule has 0 spiro atoms. The number of ether oxygens (including phenoxy) is 1. The Bertz CT molecular complexity index is 477. The van der Waals surface area contributed by atoms with Gasteiger partial charge in [-0.2, -0.15) is 0 Å². The molecule has 0 aliphatic rings. The van der Waals surface area contributed by atoms with Gasteiger partial charge >= 0.3 is 12.3 Å². The van der Waals surface area contributed by atoms with Gasteiger partial charge in [-0.25, -0.2) is 4.79 Å². The lowest BCUT2D eigenvalue weighted by molar-refractivity contribution is -0.275. The second kappa shape index (κ2) is 3.87. The standard InChI is InChI=1S/C8H6F3NO4/c1-3-2-4(7(14)15)12-6(13)5(3)16-8(9,10)11/h2H,1H3,(H,12,13)(H,14,15). The number of alkyl halides is 3. The first kappa shape index (κ1) is 12.1. The molecule has 1 aromatic rings. The average molecular weight is 237 g/mol. The highest BCUT2D eigenvalue weighted by molar-refractivity contribution is 5.85. The van der Waals surface area contributed by atoms with E-state index in [0.29, 0.717) is 0 Å². The minimum atomic E-state index is -5.00. The number of carbonyl (C=O) groups is 1. The molecule has 0 unspecified atom stereocenters. The van der Waals surface area contributed by atoms with E-state index in [0.717, 1.165) is 13.0 Å². The summed E-state index contributed by atoms with van der Waals surface area (Å²) < 4.78 is 39.1. The van der Waals surface area contributed by atoms with Crippen molar-refractivity contribution in [3.05, 3.63) is 27.7 Å². The van der Waals surface area contributed by atoms with E-state index in [1.807, 2.05) is 0 Å². The molecule has 0 atom stereocenters. The van der Waals surface area contributed by atoms with Crippen molar-refractivity contribution in [1.29, 1.82) is 0 Å². The number of pyridine rings is 1. The van der Waals surface area contributed by atoms with Crippen LogP contribution in [0.5, 0.6) is 5.75 Å². The molecule has 8 heteroatoms. The number of hydrogen-bond donors (Lipinski definition) is 2. The first-order valence-electron chi connectivity index (χ1n) is 3.93. The molecule has 2 N–H and O–H groups in total. The number of aromatic amines is 1. The first-order valence-corrected chi connectivity index (χ1v) is 3.93. The normalized spacial score (nSPS) is 11.2. The highest BCUT2D eigenvalue weighted by atomic mass is 19.4. The fourth-order valence-electron chi connectivity index (χ4n) is 1.03. The number of nitrogens with one attached hydrogen (secondary N) is 1. The summed E-state index contributed by atoms with van der Waals surface area (Å²) in [7, 11) is 0. The molecule has 0 saturated carbocycles. The van der Waals surface area contributed by atoms with Crippen molar-refractivity contribution in [3.8, 4) is 5.75 Å². The fourth-order valence-corrected chi connectivity index (χ4v) is 1.03. The topological polar surface area (TPSA) is 79.4 Å². The van der Waals surface area contributed by atoms with Crippen molar-refractivity contribution in [2.45, 2.75) is 13.3 Å². The Kier molecular flexibility index (Phi) is 2.92. The molecule has 1 rings (SSSR count). The van der Waals surface area contributed by atoms with E-state index >= 15 is 0 Å². The van der Waals surface area contributed by atoms with Gasteiger partial charge < -0.3 is 14.8 Å². The van der Waals surface area contributed by atoms with Crippen LogP contribution in [0.25, 0.3) is 0 Å². The van der Waals surface area contributed by atoms with E-state index in [-0.39, 0.29) is 5.56 Å². The van der Waals surface area contributed by atoms with Crippen LogP contribution in [0, 0.1) is 6.92 Å². The average Bonchev–Trinajstić information content (AvgIpc) is 2.09. The summed E-state index contributed by atoms with van der Waals surface area (Å²) in [5, 5.41) is 8.52. The number of carboxylic acids is 1. The molecule has 5 nitrogen and oxygen atoms in total. The number of halogens is 3. The summed E-state index contributed by atoms with van der Waals surface area (Å²) in [6.07, 6.45) is -5.00. The molecule has 16 heavy (non-hydrogen) atoms. The zero-order valence-electron chi connectivity index (χ0n) is 7.88. The third-order valence-corrected chi connectivity index (χ3v) is 1.62. The molecule has 0 amide bonds. The van der Waals surface area contributed by atoms with Crippen LogP contribution in [0.1, 0.15) is 16.1 Å². The minimum Gasteiger partial charge on any atom is -0.477 e. The summed E-state index contributed by atoms with van der Waals surface area (Å²) in [6.45, 7) is 1.14. The van der Waals surface area contributed by atoms with Crippen LogP contribution in [0.4, 0.5) is 13.2 Å². The Morgan fingerprint density at radius 2 is 2.06 bits per heavy atom. The molecule has 0 aromatic carbocycles. The lowest BCUT2D eigenvalue weighted by Crippen LogP contribution is -2.25. The van der Waals surface area contributed by atoms with Crippen molar-refractivity contribution >= 4 is 5.97 Å². The van der Waals surface area contributed by atoms with Crippen LogP contribution in [-0.2, 0) is 0 Å². The van der Waals surface area contributed by atoms with Crippen molar-refractivity contribution < 1.29 is 27.8 Å². The van der Waals surface area contributed by atoms with Crippen LogP contribution in [0.15, 0.2) is 10.9 Å². The number of aromatic nitrogens is 1. The molecular formula is C8H6F3NO4. The highest BCUT2D eigenvalue weighted by Gasteiger charge is 2.33. The molecule has 1 heterocycles. The van der Waals surface area contributed by atoms with Crippen molar-refractivity contribution in [2.24, 2.45) is 0 Å². The molecule has 0 aliphatic carbocycles. The number of hydrogen-bond acceptors (Lipinski definition) is 3. The number of rotatable bonds is 2. The Morgan fingerprint density at radius 1 is 1.50 bits per heavy atom. The van der Waals surface area contributed by atoms with Crippen molar-refractivity contribution in [3.63, 3.8) is 0 Å². The van der Waals surface area contributed by atoms with E-state index in [4.69, 9.17) is 5.11 Å². The van der Waals surface area contributed by atoms with E-state index in [9.17, 15) is 22.8 Å². The van der Waals surface area contributed by atoms with Crippen LogP contribution in [0.3, 0.4) is 0 Å². The largest absolute Gasteiger partial charge is 0.573 e. The second-order valence-electron chi connectivity index (χ2n) is 2.88. The van der Waals surface area contributed by atoms with Crippen LogP contribution in [0.2, 0.25) is 0 Å². The van der Waals surface area contributed by atoms with Gasteiger partial charge in [-0.05, 0) is 18.6 Å². The fraction of sp³-hybridized carbons (Fsp3) is 0.250.